The van der Waals surface area contributed by atoms with Gasteiger partial charge in [-0.3, -0.25) is 0 Å². The lowest BCUT2D eigenvalue weighted by atomic mass is 10.0. The minimum Gasteiger partial charge on any atom is -0.496 e. The zero-order valence-electron chi connectivity index (χ0n) is 11.4. The Balaban J connectivity index is 0.00000161. The Bertz CT molecular complexity index is 724. The molecular formula is C16H15BrClNO2. The Morgan fingerprint density at radius 3 is 2.62 bits per heavy atom. The molecule has 0 aliphatic heterocycles. The van der Waals surface area contributed by atoms with E-state index in [1.54, 1.807) is 7.11 Å². The first-order valence-electron chi connectivity index (χ1n) is 6.26. The van der Waals surface area contributed by atoms with Crippen LogP contribution in [0.4, 0.5) is 0 Å². The zero-order chi connectivity index (χ0) is 14.1. The van der Waals surface area contributed by atoms with Crippen molar-refractivity contribution >= 4 is 39.3 Å². The molecule has 2 aromatic carbocycles. The Hall–Kier alpha value is -1.49. The van der Waals surface area contributed by atoms with Gasteiger partial charge in [-0.1, -0.05) is 34.1 Å². The number of para-hydroxylation sites is 1. The molecule has 0 aliphatic carbocycles. The highest BCUT2D eigenvalue weighted by Crippen LogP contribution is 2.33. The van der Waals surface area contributed by atoms with Crippen LogP contribution in [0, 0.1) is 0 Å². The maximum absolute atomic E-state index is 6.33. The molecule has 3 aromatic rings. The van der Waals surface area contributed by atoms with Crippen LogP contribution in [0.3, 0.4) is 0 Å². The van der Waals surface area contributed by atoms with Gasteiger partial charge in [-0.2, -0.15) is 0 Å². The smallest absolute Gasteiger partial charge is 0.134 e. The van der Waals surface area contributed by atoms with Crippen molar-refractivity contribution in [3.05, 3.63) is 64.3 Å². The highest BCUT2D eigenvalue weighted by molar-refractivity contribution is 9.10. The molecule has 0 saturated heterocycles. The van der Waals surface area contributed by atoms with Gasteiger partial charge in [-0.15, -0.1) is 12.4 Å². The van der Waals surface area contributed by atoms with Crippen LogP contribution >= 0.6 is 28.3 Å². The van der Waals surface area contributed by atoms with Gasteiger partial charge in [0.1, 0.15) is 17.1 Å². The van der Waals surface area contributed by atoms with Crippen LogP contribution in [-0.4, -0.2) is 7.11 Å². The van der Waals surface area contributed by atoms with Gasteiger partial charge in [0.15, 0.2) is 0 Å². The van der Waals surface area contributed by atoms with Gasteiger partial charge in [0, 0.05) is 15.4 Å². The lowest BCUT2D eigenvalue weighted by Crippen LogP contribution is -2.12. The van der Waals surface area contributed by atoms with E-state index in [4.69, 9.17) is 14.9 Å². The summed E-state index contributed by atoms with van der Waals surface area (Å²) >= 11 is 3.46. The molecule has 0 bridgehead atoms. The number of ether oxygens (including phenoxy) is 1. The minimum atomic E-state index is -0.366. The highest BCUT2D eigenvalue weighted by Gasteiger charge is 2.18. The summed E-state index contributed by atoms with van der Waals surface area (Å²) in [6.07, 6.45) is 0. The Morgan fingerprint density at radius 2 is 1.90 bits per heavy atom. The van der Waals surface area contributed by atoms with Crippen molar-refractivity contribution in [3.63, 3.8) is 0 Å². The summed E-state index contributed by atoms with van der Waals surface area (Å²) < 4.78 is 12.2. The molecule has 0 aliphatic rings. The number of furan rings is 1. The van der Waals surface area contributed by atoms with Crippen molar-refractivity contribution < 1.29 is 9.15 Å². The average Bonchev–Trinajstić information content (AvgIpc) is 2.90. The normalized spacial score (nSPS) is 12.0. The van der Waals surface area contributed by atoms with Gasteiger partial charge in [0.25, 0.3) is 0 Å². The monoisotopic (exact) mass is 367 g/mol. The third-order valence-corrected chi connectivity index (χ3v) is 3.77. The molecule has 110 valence electrons. The van der Waals surface area contributed by atoms with Crippen molar-refractivity contribution in [2.24, 2.45) is 5.73 Å². The SMILES string of the molecule is COc1ccc(Br)cc1C(N)c1cc2ccccc2o1.Cl. The van der Waals surface area contributed by atoms with E-state index in [1.165, 1.54) is 0 Å². The number of methoxy groups -OCH3 is 1. The van der Waals surface area contributed by atoms with E-state index < -0.39 is 0 Å². The fraction of sp³-hybridized carbons (Fsp3) is 0.125. The molecular weight excluding hydrogens is 354 g/mol. The van der Waals surface area contributed by atoms with Crippen molar-refractivity contribution in [3.8, 4) is 5.75 Å². The molecule has 1 unspecified atom stereocenters. The summed E-state index contributed by atoms with van der Waals surface area (Å²) in [6, 6.07) is 15.2. The number of fused-ring (bicyclic) bond motifs is 1. The van der Waals surface area contributed by atoms with Crippen molar-refractivity contribution in [1.29, 1.82) is 0 Å². The number of halogens is 2. The highest BCUT2D eigenvalue weighted by atomic mass is 79.9. The van der Waals surface area contributed by atoms with Gasteiger partial charge in [0.05, 0.1) is 13.2 Å². The van der Waals surface area contributed by atoms with Gasteiger partial charge < -0.3 is 14.9 Å². The third-order valence-electron chi connectivity index (χ3n) is 3.28. The van der Waals surface area contributed by atoms with E-state index in [0.717, 1.165) is 32.5 Å². The molecule has 0 saturated carbocycles. The lowest BCUT2D eigenvalue weighted by molar-refractivity contribution is 0.404. The lowest BCUT2D eigenvalue weighted by Gasteiger charge is -2.14. The number of hydrogen-bond donors (Lipinski definition) is 1. The number of benzene rings is 2. The van der Waals surface area contributed by atoms with Gasteiger partial charge in [-0.25, -0.2) is 0 Å². The zero-order valence-corrected chi connectivity index (χ0v) is 13.8. The Kier molecular flexibility index (Phi) is 4.93. The van der Waals surface area contributed by atoms with Crippen LogP contribution in [-0.2, 0) is 0 Å². The maximum atomic E-state index is 6.33. The summed E-state index contributed by atoms with van der Waals surface area (Å²) in [5.41, 5.74) is 8.06. The summed E-state index contributed by atoms with van der Waals surface area (Å²) in [6.45, 7) is 0. The fourth-order valence-corrected chi connectivity index (χ4v) is 2.64. The number of hydrogen-bond acceptors (Lipinski definition) is 3. The van der Waals surface area contributed by atoms with Crippen LogP contribution < -0.4 is 10.5 Å². The summed E-state index contributed by atoms with van der Waals surface area (Å²) in [5.74, 6) is 1.48. The second-order valence-electron chi connectivity index (χ2n) is 4.55. The van der Waals surface area contributed by atoms with E-state index in [9.17, 15) is 0 Å². The first-order valence-corrected chi connectivity index (χ1v) is 7.06. The van der Waals surface area contributed by atoms with Crippen LogP contribution in [0.15, 0.2) is 57.4 Å². The van der Waals surface area contributed by atoms with Crippen molar-refractivity contribution in [2.75, 3.05) is 7.11 Å². The molecule has 2 N–H and O–H groups in total. The second kappa shape index (κ2) is 6.52. The number of nitrogens with two attached hydrogens (primary N) is 1. The van der Waals surface area contributed by atoms with E-state index in [1.807, 2.05) is 48.5 Å². The van der Waals surface area contributed by atoms with Crippen molar-refractivity contribution in [2.45, 2.75) is 6.04 Å². The molecule has 5 heteroatoms. The van der Waals surface area contributed by atoms with Crippen LogP contribution in [0.25, 0.3) is 11.0 Å². The van der Waals surface area contributed by atoms with Gasteiger partial charge >= 0.3 is 0 Å². The van der Waals surface area contributed by atoms with E-state index in [2.05, 4.69) is 15.9 Å². The van der Waals surface area contributed by atoms with Gasteiger partial charge in [-0.05, 0) is 30.3 Å². The summed E-state index contributed by atoms with van der Waals surface area (Å²) in [4.78, 5) is 0. The van der Waals surface area contributed by atoms with Crippen LogP contribution in [0.5, 0.6) is 5.75 Å². The molecule has 3 rings (SSSR count). The third kappa shape index (κ3) is 3.07. The minimum absolute atomic E-state index is 0. The molecule has 1 atom stereocenters. The van der Waals surface area contributed by atoms with E-state index in [0.29, 0.717) is 0 Å². The van der Waals surface area contributed by atoms with E-state index in [-0.39, 0.29) is 18.4 Å². The first kappa shape index (κ1) is 15.9. The maximum Gasteiger partial charge on any atom is 0.134 e. The number of rotatable bonds is 3. The topological polar surface area (TPSA) is 48.4 Å². The standard InChI is InChI=1S/C16H14BrNO2.ClH/c1-19-14-7-6-11(17)9-12(14)16(18)15-8-10-4-2-3-5-13(10)20-15;/h2-9,16H,18H2,1H3;1H. The summed E-state index contributed by atoms with van der Waals surface area (Å²) in [5, 5.41) is 1.05. The van der Waals surface area contributed by atoms with E-state index >= 15 is 0 Å². The largest absolute Gasteiger partial charge is 0.496 e. The Labute approximate surface area is 137 Å². The predicted molar refractivity (Wildman–Crippen MR) is 90.2 cm³/mol. The molecule has 0 spiro atoms. The Morgan fingerprint density at radius 1 is 1.14 bits per heavy atom. The molecule has 21 heavy (non-hydrogen) atoms. The fourth-order valence-electron chi connectivity index (χ4n) is 2.26. The molecule has 3 nitrogen and oxygen atoms in total. The van der Waals surface area contributed by atoms with Crippen molar-refractivity contribution in [1.82, 2.24) is 0 Å². The average molecular weight is 369 g/mol. The first-order chi connectivity index (χ1) is 9.69. The quantitative estimate of drug-likeness (QED) is 0.730. The molecule has 0 radical (unpaired) electrons. The van der Waals surface area contributed by atoms with Gasteiger partial charge in [0.2, 0.25) is 0 Å². The molecule has 0 fully saturated rings. The predicted octanol–water partition coefficient (Wildman–Crippen LogP) is 4.67. The molecule has 1 aromatic heterocycles. The van der Waals surface area contributed by atoms with Crippen LogP contribution in [0.1, 0.15) is 17.4 Å². The molecule has 0 amide bonds. The molecule has 1 heterocycles. The summed E-state index contributed by atoms with van der Waals surface area (Å²) in [7, 11) is 1.64. The second-order valence-corrected chi connectivity index (χ2v) is 5.47. The van der Waals surface area contributed by atoms with Crippen LogP contribution in [0.2, 0.25) is 0 Å².